The number of halogens is 2. The third-order valence-electron chi connectivity index (χ3n) is 3.79. The number of hydrogen-bond donors (Lipinski definition) is 2. The Morgan fingerprint density at radius 3 is 2.91 bits per heavy atom. The van der Waals surface area contributed by atoms with Crippen molar-refractivity contribution in [3.05, 3.63) is 33.8 Å². The van der Waals surface area contributed by atoms with Crippen molar-refractivity contribution in [3.8, 4) is 0 Å². The fraction of sp³-hybridized carbons (Fsp3) is 0.562. The van der Waals surface area contributed by atoms with Gasteiger partial charge in [-0.2, -0.15) is 0 Å². The first kappa shape index (κ1) is 17.4. The lowest BCUT2D eigenvalue weighted by molar-refractivity contribution is 0.105. The summed E-state index contributed by atoms with van der Waals surface area (Å²) < 4.78 is 5.62. The predicted octanol–water partition coefficient (Wildman–Crippen LogP) is 3.79. The molecule has 1 aromatic carbocycles. The lowest BCUT2D eigenvalue weighted by Crippen LogP contribution is -2.39. The summed E-state index contributed by atoms with van der Waals surface area (Å²) in [7, 11) is 1.76. The Labute approximate surface area is 142 Å². The van der Waals surface area contributed by atoms with Crippen molar-refractivity contribution in [2.45, 2.75) is 38.3 Å². The SMILES string of the molecule is CN=C(NCCC1CCCO1)NC(C)c1ccc(Cl)cc1Cl. The van der Waals surface area contributed by atoms with E-state index in [2.05, 4.69) is 15.6 Å². The van der Waals surface area contributed by atoms with Gasteiger partial charge in [0.25, 0.3) is 0 Å². The van der Waals surface area contributed by atoms with Gasteiger partial charge in [-0.15, -0.1) is 0 Å². The molecule has 2 N–H and O–H groups in total. The average Bonchev–Trinajstić information content (AvgIpc) is 2.99. The van der Waals surface area contributed by atoms with Gasteiger partial charge in [0.15, 0.2) is 5.96 Å². The Morgan fingerprint density at radius 2 is 2.27 bits per heavy atom. The maximum atomic E-state index is 6.24. The second-order valence-electron chi connectivity index (χ2n) is 5.45. The molecule has 1 heterocycles. The van der Waals surface area contributed by atoms with Crippen LogP contribution in [0, 0.1) is 0 Å². The van der Waals surface area contributed by atoms with Gasteiger partial charge in [0.2, 0.25) is 0 Å². The van der Waals surface area contributed by atoms with E-state index >= 15 is 0 Å². The third kappa shape index (κ3) is 5.04. The molecule has 6 heteroatoms. The maximum absolute atomic E-state index is 6.24. The number of aliphatic imine (C=N–C) groups is 1. The number of hydrogen-bond acceptors (Lipinski definition) is 2. The van der Waals surface area contributed by atoms with Gasteiger partial charge in [0.05, 0.1) is 12.1 Å². The molecule has 1 fully saturated rings. The summed E-state index contributed by atoms with van der Waals surface area (Å²) in [5.74, 6) is 0.761. The quantitative estimate of drug-likeness (QED) is 0.631. The summed E-state index contributed by atoms with van der Waals surface area (Å²) in [6.45, 7) is 3.78. The zero-order valence-corrected chi connectivity index (χ0v) is 14.5. The van der Waals surface area contributed by atoms with Gasteiger partial charge in [0, 0.05) is 30.2 Å². The van der Waals surface area contributed by atoms with Crippen LogP contribution in [0.1, 0.15) is 37.8 Å². The van der Waals surface area contributed by atoms with Crippen LogP contribution in [0.4, 0.5) is 0 Å². The van der Waals surface area contributed by atoms with Crippen molar-refractivity contribution in [2.75, 3.05) is 20.2 Å². The molecule has 4 nitrogen and oxygen atoms in total. The van der Waals surface area contributed by atoms with Crippen LogP contribution in [-0.2, 0) is 4.74 Å². The topological polar surface area (TPSA) is 45.7 Å². The lowest BCUT2D eigenvalue weighted by atomic mass is 10.1. The van der Waals surface area contributed by atoms with Gasteiger partial charge in [-0.05, 0) is 43.9 Å². The standard InChI is InChI=1S/C16H23Cl2N3O/c1-11(14-6-5-12(17)10-15(14)18)21-16(19-2)20-8-7-13-4-3-9-22-13/h5-6,10-11,13H,3-4,7-9H2,1-2H3,(H2,19,20,21). The largest absolute Gasteiger partial charge is 0.378 e. The van der Waals surface area contributed by atoms with Gasteiger partial charge in [-0.3, -0.25) is 4.99 Å². The van der Waals surface area contributed by atoms with E-state index in [0.717, 1.165) is 37.5 Å². The molecule has 2 unspecified atom stereocenters. The van der Waals surface area contributed by atoms with Crippen LogP contribution in [0.5, 0.6) is 0 Å². The average molecular weight is 344 g/mol. The number of nitrogens with one attached hydrogen (secondary N) is 2. The monoisotopic (exact) mass is 343 g/mol. The van der Waals surface area contributed by atoms with Crippen molar-refractivity contribution >= 4 is 29.2 Å². The van der Waals surface area contributed by atoms with E-state index in [0.29, 0.717) is 16.1 Å². The molecule has 2 atom stereocenters. The normalized spacial score (nSPS) is 20.0. The van der Waals surface area contributed by atoms with E-state index in [-0.39, 0.29) is 6.04 Å². The zero-order valence-electron chi connectivity index (χ0n) is 13.0. The number of benzene rings is 1. The number of guanidine groups is 1. The first-order valence-corrected chi connectivity index (χ1v) is 8.39. The molecule has 1 aromatic rings. The molecule has 0 amide bonds. The number of ether oxygens (including phenoxy) is 1. The fourth-order valence-corrected chi connectivity index (χ4v) is 3.13. The molecule has 0 aliphatic carbocycles. The Morgan fingerprint density at radius 1 is 1.45 bits per heavy atom. The molecule has 0 bridgehead atoms. The Bertz CT molecular complexity index is 516. The third-order valence-corrected chi connectivity index (χ3v) is 4.35. The van der Waals surface area contributed by atoms with Gasteiger partial charge in [0.1, 0.15) is 0 Å². The maximum Gasteiger partial charge on any atom is 0.191 e. The molecule has 2 rings (SSSR count). The lowest BCUT2D eigenvalue weighted by Gasteiger charge is -2.20. The smallest absolute Gasteiger partial charge is 0.191 e. The van der Waals surface area contributed by atoms with Crippen molar-refractivity contribution in [1.82, 2.24) is 10.6 Å². The highest BCUT2D eigenvalue weighted by molar-refractivity contribution is 6.35. The summed E-state index contributed by atoms with van der Waals surface area (Å²) >= 11 is 12.2. The number of rotatable bonds is 5. The molecule has 122 valence electrons. The van der Waals surface area contributed by atoms with Crippen molar-refractivity contribution in [1.29, 1.82) is 0 Å². The van der Waals surface area contributed by atoms with E-state index < -0.39 is 0 Å². The molecule has 0 radical (unpaired) electrons. The summed E-state index contributed by atoms with van der Waals surface area (Å²) in [4.78, 5) is 4.25. The van der Waals surface area contributed by atoms with E-state index in [9.17, 15) is 0 Å². The van der Waals surface area contributed by atoms with E-state index in [1.807, 2.05) is 19.1 Å². The van der Waals surface area contributed by atoms with Crippen LogP contribution in [0.25, 0.3) is 0 Å². The van der Waals surface area contributed by atoms with E-state index in [1.165, 1.54) is 6.42 Å². The Kier molecular flexibility index (Phi) is 6.80. The summed E-state index contributed by atoms with van der Waals surface area (Å²) in [5, 5.41) is 7.95. The summed E-state index contributed by atoms with van der Waals surface area (Å²) in [6, 6.07) is 5.57. The van der Waals surface area contributed by atoms with Crippen LogP contribution in [0.15, 0.2) is 23.2 Å². The molecule has 1 aliphatic heterocycles. The first-order chi connectivity index (χ1) is 10.6. The molecule has 22 heavy (non-hydrogen) atoms. The second-order valence-corrected chi connectivity index (χ2v) is 6.30. The first-order valence-electron chi connectivity index (χ1n) is 7.64. The Balaban J connectivity index is 1.83. The van der Waals surface area contributed by atoms with E-state index in [1.54, 1.807) is 13.1 Å². The molecule has 1 aliphatic rings. The predicted molar refractivity (Wildman–Crippen MR) is 93.0 cm³/mol. The minimum atomic E-state index is 0.0405. The van der Waals surface area contributed by atoms with Crippen LogP contribution >= 0.6 is 23.2 Å². The van der Waals surface area contributed by atoms with Crippen LogP contribution in [0.3, 0.4) is 0 Å². The molecule has 0 aromatic heterocycles. The zero-order chi connectivity index (χ0) is 15.9. The van der Waals surface area contributed by atoms with Crippen LogP contribution in [-0.4, -0.2) is 32.3 Å². The minimum absolute atomic E-state index is 0.0405. The second kappa shape index (κ2) is 8.61. The van der Waals surface area contributed by atoms with Crippen molar-refractivity contribution in [2.24, 2.45) is 4.99 Å². The van der Waals surface area contributed by atoms with Gasteiger partial charge >= 0.3 is 0 Å². The molecule has 0 spiro atoms. The van der Waals surface area contributed by atoms with Crippen molar-refractivity contribution in [3.63, 3.8) is 0 Å². The highest BCUT2D eigenvalue weighted by atomic mass is 35.5. The molecular weight excluding hydrogens is 321 g/mol. The molecule has 1 saturated heterocycles. The highest BCUT2D eigenvalue weighted by Crippen LogP contribution is 2.26. The molecular formula is C16H23Cl2N3O. The van der Waals surface area contributed by atoms with Gasteiger partial charge in [-0.25, -0.2) is 0 Å². The summed E-state index contributed by atoms with van der Waals surface area (Å²) in [5.41, 5.74) is 0.994. The minimum Gasteiger partial charge on any atom is -0.378 e. The Hall–Kier alpha value is -0.970. The van der Waals surface area contributed by atoms with Crippen LogP contribution in [0.2, 0.25) is 10.0 Å². The summed E-state index contributed by atoms with van der Waals surface area (Å²) in [6.07, 6.45) is 3.71. The fourth-order valence-electron chi connectivity index (χ4n) is 2.55. The van der Waals surface area contributed by atoms with Gasteiger partial charge in [-0.1, -0.05) is 29.3 Å². The molecule has 0 saturated carbocycles. The van der Waals surface area contributed by atoms with Crippen LogP contribution < -0.4 is 10.6 Å². The van der Waals surface area contributed by atoms with Crippen molar-refractivity contribution < 1.29 is 4.74 Å². The number of nitrogens with zero attached hydrogens (tertiary/aromatic N) is 1. The highest BCUT2D eigenvalue weighted by Gasteiger charge is 2.15. The van der Waals surface area contributed by atoms with Gasteiger partial charge < -0.3 is 15.4 Å². The van der Waals surface area contributed by atoms with E-state index in [4.69, 9.17) is 27.9 Å².